The second-order valence-electron chi connectivity index (χ2n) is 8.03. The molecule has 0 aliphatic heterocycles. The molecule has 3 N–H and O–H groups in total. The van der Waals surface area contributed by atoms with E-state index in [9.17, 15) is 9.90 Å². The molecular formula is C27H18Cl3N5O2. The quantitative estimate of drug-likeness (QED) is 0.207. The third kappa shape index (κ3) is 5.70. The highest BCUT2D eigenvalue weighted by Crippen LogP contribution is 2.35. The van der Waals surface area contributed by atoms with Gasteiger partial charge in [-0.25, -0.2) is 9.48 Å². The minimum Gasteiger partial charge on any atom is -0.508 e. The predicted molar refractivity (Wildman–Crippen MR) is 148 cm³/mol. The molecule has 0 aliphatic rings. The van der Waals surface area contributed by atoms with Crippen LogP contribution in [0.4, 0.5) is 16.2 Å². The lowest BCUT2D eigenvalue weighted by Gasteiger charge is -2.10. The van der Waals surface area contributed by atoms with Gasteiger partial charge in [0, 0.05) is 46.1 Å². The average Bonchev–Trinajstić information content (AvgIpc) is 3.32. The van der Waals surface area contributed by atoms with Crippen molar-refractivity contribution < 1.29 is 9.90 Å². The number of aromatic hydroxyl groups is 1. The molecule has 3 aromatic carbocycles. The number of nitrogens with zero attached hydrogens (tertiary/aromatic N) is 3. The summed E-state index contributed by atoms with van der Waals surface area (Å²) in [6.45, 7) is 0. The molecule has 0 atom stereocenters. The highest BCUT2D eigenvalue weighted by Gasteiger charge is 2.16. The van der Waals surface area contributed by atoms with Gasteiger partial charge in [-0.05, 0) is 72.3 Å². The van der Waals surface area contributed by atoms with Crippen LogP contribution >= 0.6 is 34.8 Å². The van der Waals surface area contributed by atoms with Crippen LogP contribution in [0.3, 0.4) is 0 Å². The third-order valence-corrected chi connectivity index (χ3v) is 6.36. The van der Waals surface area contributed by atoms with Crippen molar-refractivity contribution in [3.05, 3.63) is 106 Å². The van der Waals surface area contributed by atoms with Gasteiger partial charge in [-0.1, -0.05) is 40.9 Å². The molecule has 7 nitrogen and oxygen atoms in total. The van der Waals surface area contributed by atoms with Gasteiger partial charge in [-0.3, -0.25) is 4.98 Å². The van der Waals surface area contributed by atoms with E-state index in [0.29, 0.717) is 43.4 Å². The Morgan fingerprint density at radius 2 is 1.57 bits per heavy atom. The number of nitrogens with one attached hydrogen (secondary N) is 2. The maximum absolute atomic E-state index is 12.6. The van der Waals surface area contributed by atoms with Crippen LogP contribution < -0.4 is 10.6 Å². The molecule has 0 unspecified atom stereocenters. The van der Waals surface area contributed by atoms with E-state index in [4.69, 9.17) is 39.9 Å². The van der Waals surface area contributed by atoms with Crippen molar-refractivity contribution in [1.82, 2.24) is 14.8 Å². The number of hydrogen-bond acceptors (Lipinski definition) is 4. The van der Waals surface area contributed by atoms with Gasteiger partial charge in [0.05, 0.1) is 15.7 Å². The van der Waals surface area contributed by atoms with E-state index in [1.54, 1.807) is 59.5 Å². The normalized spacial score (nSPS) is 10.8. The Balaban J connectivity index is 1.46. The number of halogens is 3. The number of rotatable bonds is 5. The van der Waals surface area contributed by atoms with Crippen molar-refractivity contribution >= 4 is 52.2 Å². The van der Waals surface area contributed by atoms with Gasteiger partial charge in [-0.2, -0.15) is 5.10 Å². The minimum absolute atomic E-state index is 0.0388. The van der Waals surface area contributed by atoms with E-state index in [2.05, 4.69) is 15.6 Å². The molecule has 0 fully saturated rings. The van der Waals surface area contributed by atoms with Crippen LogP contribution in [0.25, 0.3) is 28.1 Å². The van der Waals surface area contributed by atoms with Gasteiger partial charge < -0.3 is 15.7 Å². The second kappa shape index (κ2) is 10.5. The molecule has 37 heavy (non-hydrogen) atoms. The van der Waals surface area contributed by atoms with Crippen molar-refractivity contribution in [3.63, 3.8) is 0 Å². The first kappa shape index (κ1) is 24.6. The van der Waals surface area contributed by atoms with Gasteiger partial charge in [0.15, 0.2) is 0 Å². The molecule has 2 heterocycles. The van der Waals surface area contributed by atoms with Gasteiger partial charge in [0.25, 0.3) is 0 Å². The van der Waals surface area contributed by atoms with E-state index in [-0.39, 0.29) is 5.75 Å². The monoisotopic (exact) mass is 549 g/mol. The number of amides is 2. The SMILES string of the molecule is O=C(Nc1cccc(-n2cc(-c3ccncc3)c(-c3cc(O)cc(Cl)c3)n2)c1)Nc1ccc(Cl)c(Cl)c1. The summed E-state index contributed by atoms with van der Waals surface area (Å²) in [5.41, 5.74) is 4.76. The van der Waals surface area contributed by atoms with E-state index in [1.165, 1.54) is 6.07 Å². The lowest BCUT2D eigenvalue weighted by molar-refractivity contribution is 0.262. The Labute approximate surface area is 227 Å². The number of aromatic nitrogens is 3. The molecule has 10 heteroatoms. The van der Waals surface area contributed by atoms with Crippen molar-refractivity contribution in [2.24, 2.45) is 0 Å². The highest BCUT2D eigenvalue weighted by atomic mass is 35.5. The molecule has 0 spiro atoms. The molecule has 0 saturated carbocycles. The first-order valence-corrected chi connectivity index (χ1v) is 12.1. The number of hydrogen-bond donors (Lipinski definition) is 3. The van der Waals surface area contributed by atoms with Crippen LogP contribution in [0.1, 0.15) is 0 Å². The van der Waals surface area contributed by atoms with Gasteiger partial charge in [-0.15, -0.1) is 0 Å². The summed E-state index contributed by atoms with van der Waals surface area (Å²) in [5, 5.41) is 21.6. The number of carbonyl (C=O) groups is 1. The van der Waals surface area contributed by atoms with Gasteiger partial charge in [0.2, 0.25) is 0 Å². The summed E-state index contributed by atoms with van der Waals surface area (Å²) in [6.07, 6.45) is 5.27. The summed E-state index contributed by atoms with van der Waals surface area (Å²) in [5.74, 6) is 0.0388. The van der Waals surface area contributed by atoms with Crippen LogP contribution in [0, 0.1) is 0 Å². The highest BCUT2D eigenvalue weighted by molar-refractivity contribution is 6.42. The van der Waals surface area contributed by atoms with Crippen molar-refractivity contribution in [1.29, 1.82) is 0 Å². The molecule has 0 bridgehead atoms. The van der Waals surface area contributed by atoms with Crippen molar-refractivity contribution in [2.45, 2.75) is 0 Å². The number of urea groups is 1. The summed E-state index contributed by atoms with van der Waals surface area (Å²) >= 11 is 18.2. The smallest absolute Gasteiger partial charge is 0.323 e. The number of benzene rings is 3. The topological polar surface area (TPSA) is 92.1 Å². The summed E-state index contributed by atoms with van der Waals surface area (Å²) in [4.78, 5) is 16.7. The largest absolute Gasteiger partial charge is 0.508 e. The van der Waals surface area contributed by atoms with Crippen LogP contribution in [-0.2, 0) is 0 Å². The molecule has 2 aromatic heterocycles. The zero-order chi connectivity index (χ0) is 25.9. The number of anilines is 2. The van der Waals surface area contributed by atoms with Crippen LogP contribution in [0.2, 0.25) is 15.1 Å². The number of phenolic OH excluding ortho intramolecular Hbond substituents is 1. The Bertz CT molecular complexity index is 1590. The van der Waals surface area contributed by atoms with Crippen LogP contribution in [-0.4, -0.2) is 25.9 Å². The lowest BCUT2D eigenvalue weighted by Crippen LogP contribution is -2.19. The minimum atomic E-state index is -0.441. The maximum atomic E-state index is 12.6. The first-order chi connectivity index (χ1) is 17.9. The van der Waals surface area contributed by atoms with E-state index in [1.807, 2.05) is 30.5 Å². The van der Waals surface area contributed by atoms with Gasteiger partial charge in [0.1, 0.15) is 11.4 Å². The first-order valence-electron chi connectivity index (χ1n) is 11.0. The zero-order valence-corrected chi connectivity index (χ0v) is 21.3. The standard InChI is InChI=1S/C27H18Cl3N5O2/c28-18-10-17(11-22(36)12-18)26-23(16-6-8-31-9-7-16)15-35(34-26)21-3-1-2-19(13-21)32-27(37)33-20-4-5-24(29)25(30)14-20/h1-15,36H,(H2,32,33,37). The molecular weight excluding hydrogens is 533 g/mol. The summed E-state index contributed by atoms with van der Waals surface area (Å²) in [6, 6.07) is 20.2. The Morgan fingerprint density at radius 1 is 0.811 bits per heavy atom. The lowest BCUT2D eigenvalue weighted by atomic mass is 10.0. The third-order valence-electron chi connectivity index (χ3n) is 5.41. The fourth-order valence-electron chi connectivity index (χ4n) is 3.77. The summed E-state index contributed by atoms with van der Waals surface area (Å²) < 4.78 is 1.70. The molecule has 5 rings (SSSR count). The fourth-order valence-corrected chi connectivity index (χ4v) is 4.29. The number of phenols is 1. The maximum Gasteiger partial charge on any atom is 0.323 e. The van der Waals surface area contributed by atoms with E-state index >= 15 is 0 Å². The van der Waals surface area contributed by atoms with Crippen molar-refractivity contribution in [2.75, 3.05) is 10.6 Å². The van der Waals surface area contributed by atoms with Crippen molar-refractivity contribution in [3.8, 4) is 33.8 Å². The van der Waals surface area contributed by atoms with E-state index < -0.39 is 6.03 Å². The molecule has 0 radical (unpaired) electrons. The Kier molecular flexibility index (Phi) is 7.01. The Morgan fingerprint density at radius 3 is 2.30 bits per heavy atom. The predicted octanol–water partition coefficient (Wildman–Crippen LogP) is 7.91. The molecule has 184 valence electrons. The zero-order valence-electron chi connectivity index (χ0n) is 19.0. The average molecular weight is 551 g/mol. The number of carbonyl (C=O) groups excluding carboxylic acids is 1. The Hall–Kier alpha value is -4.04. The fraction of sp³-hybridized carbons (Fsp3) is 0. The second-order valence-corrected chi connectivity index (χ2v) is 9.28. The molecule has 2 amide bonds. The molecule has 0 aliphatic carbocycles. The molecule has 0 saturated heterocycles. The number of pyridine rings is 1. The van der Waals surface area contributed by atoms with E-state index in [0.717, 1.165) is 11.1 Å². The molecule has 5 aromatic rings. The van der Waals surface area contributed by atoms with Gasteiger partial charge >= 0.3 is 6.03 Å². The van der Waals surface area contributed by atoms with Crippen LogP contribution in [0.5, 0.6) is 5.75 Å². The van der Waals surface area contributed by atoms with Crippen LogP contribution in [0.15, 0.2) is 91.4 Å². The summed E-state index contributed by atoms with van der Waals surface area (Å²) in [7, 11) is 0.